The average molecular weight is 181 g/mol. The minimum atomic E-state index is 0.539. The fourth-order valence-corrected chi connectivity index (χ4v) is 1.05. The summed E-state index contributed by atoms with van der Waals surface area (Å²) in [6, 6.07) is 0.539. The molecule has 1 N–H and O–H groups in total. The highest BCUT2D eigenvalue weighted by Gasteiger charge is 2.06. The Bertz CT molecular complexity index is 252. The minimum Gasteiger partial charge on any atom is -0.337 e. The predicted octanol–water partition coefficient (Wildman–Crippen LogP) is 1.55. The Morgan fingerprint density at radius 1 is 1.46 bits per heavy atom. The Balaban J connectivity index is 2.39. The molecule has 0 aliphatic heterocycles. The first-order valence-electron chi connectivity index (χ1n) is 4.81. The third-order valence-corrected chi connectivity index (χ3v) is 2.50. The Labute approximate surface area is 80.2 Å². The lowest BCUT2D eigenvalue weighted by atomic mass is 10.1. The van der Waals surface area contributed by atoms with Gasteiger partial charge in [0.25, 0.3) is 0 Å². The zero-order valence-electron chi connectivity index (χ0n) is 8.91. The second kappa shape index (κ2) is 4.42. The van der Waals surface area contributed by atoms with E-state index in [-0.39, 0.29) is 0 Å². The van der Waals surface area contributed by atoms with Crippen LogP contribution in [0.3, 0.4) is 0 Å². The van der Waals surface area contributed by atoms with E-state index < -0.39 is 0 Å². The normalized spacial score (nSPS) is 13.6. The van der Waals surface area contributed by atoms with Crippen LogP contribution in [0, 0.1) is 5.92 Å². The van der Waals surface area contributed by atoms with Crippen LogP contribution in [0.1, 0.15) is 26.6 Å². The Morgan fingerprint density at radius 2 is 2.15 bits per heavy atom. The van der Waals surface area contributed by atoms with Crippen LogP contribution >= 0.6 is 0 Å². The maximum Gasteiger partial charge on any atom is 0.122 e. The molecule has 1 heterocycles. The van der Waals surface area contributed by atoms with E-state index in [9.17, 15) is 0 Å². The second-order valence-electron chi connectivity index (χ2n) is 3.87. The van der Waals surface area contributed by atoms with Gasteiger partial charge in [-0.05, 0) is 12.8 Å². The molecule has 0 amide bonds. The van der Waals surface area contributed by atoms with E-state index in [4.69, 9.17) is 0 Å². The van der Waals surface area contributed by atoms with Crippen molar-refractivity contribution < 1.29 is 0 Å². The molecule has 0 fully saturated rings. The van der Waals surface area contributed by atoms with Crippen molar-refractivity contribution in [3.8, 4) is 0 Å². The van der Waals surface area contributed by atoms with E-state index in [1.807, 2.05) is 24.0 Å². The summed E-state index contributed by atoms with van der Waals surface area (Å²) in [5.74, 6) is 1.76. The van der Waals surface area contributed by atoms with Crippen LogP contribution < -0.4 is 5.32 Å². The lowest BCUT2D eigenvalue weighted by Crippen LogP contribution is -2.31. The van der Waals surface area contributed by atoms with Gasteiger partial charge in [0.05, 0.1) is 6.54 Å². The van der Waals surface area contributed by atoms with E-state index >= 15 is 0 Å². The van der Waals surface area contributed by atoms with Crippen molar-refractivity contribution in [1.29, 1.82) is 0 Å². The fourth-order valence-electron chi connectivity index (χ4n) is 1.05. The van der Waals surface area contributed by atoms with Crippen molar-refractivity contribution >= 4 is 0 Å². The number of aryl methyl sites for hydroxylation is 1. The molecule has 3 heteroatoms. The Kier molecular flexibility index (Phi) is 3.48. The molecule has 0 spiro atoms. The summed E-state index contributed by atoms with van der Waals surface area (Å²) in [5, 5.41) is 3.44. The molecule has 1 atom stereocenters. The molecular formula is C10H19N3. The summed E-state index contributed by atoms with van der Waals surface area (Å²) in [5.41, 5.74) is 0. The van der Waals surface area contributed by atoms with Crippen molar-refractivity contribution in [2.24, 2.45) is 13.0 Å². The standard InChI is InChI=1S/C10H19N3/c1-8(2)9(3)12-7-10-11-5-6-13(10)4/h5-6,8-9,12H,7H2,1-4H3. The number of nitrogens with one attached hydrogen (secondary N) is 1. The largest absolute Gasteiger partial charge is 0.337 e. The molecule has 1 rings (SSSR count). The van der Waals surface area contributed by atoms with Crippen LogP contribution in [-0.2, 0) is 13.6 Å². The highest BCUT2D eigenvalue weighted by molar-refractivity contribution is 4.90. The molecule has 0 aliphatic carbocycles. The molecule has 74 valence electrons. The molecule has 13 heavy (non-hydrogen) atoms. The van der Waals surface area contributed by atoms with Crippen molar-refractivity contribution in [3.05, 3.63) is 18.2 Å². The number of hydrogen-bond donors (Lipinski definition) is 1. The van der Waals surface area contributed by atoms with Gasteiger partial charge in [-0.3, -0.25) is 0 Å². The summed E-state index contributed by atoms with van der Waals surface area (Å²) in [4.78, 5) is 4.25. The van der Waals surface area contributed by atoms with E-state index in [0.717, 1.165) is 12.4 Å². The first-order valence-corrected chi connectivity index (χ1v) is 4.81. The fraction of sp³-hybridized carbons (Fsp3) is 0.700. The van der Waals surface area contributed by atoms with Gasteiger partial charge in [-0.2, -0.15) is 0 Å². The highest BCUT2D eigenvalue weighted by atomic mass is 15.1. The predicted molar refractivity (Wildman–Crippen MR) is 54.3 cm³/mol. The summed E-state index contributed by atoms with van der Waals surface area (Å²) in [6.07, 6.45) is 3.80. The van der Waals surface area contributed by atoms with Crippen molar-refractivity contribution in [2.75, 3.05) is 0 Å². The number of aromatic nitrogens is 2. The molecule has 3 nitrogen and oxygen atoms in total. The minimum absolute atomic E-state index is 0.539. The van der Waals surface area contributed by atoms with Crippen LogP contribution in [0.2, 0.25) is 0 Å². The van der Waals surface area contributed by atoms with Gasteiger partial charge in [0.2, 0.25) is 0 Å². The number of imidazole rings is 1. The lowest BCUT2D eigenvalue weighted by molar-refractivity contribution is 0.418. The maximum atomic E-state index is 4.25. The second-order valence-corrected chi connectivity index (χ2v) is 3.87. The Hall–Kier alpha value is -0.830. The highest BCUT2D eigenvalue weighted by Crippen LogP contribution is 2.01. The SMILES string of the molecule is CC(C)C(C)NCc1nccn1C. The van der Waals surface area contributed by atoms with Crippen molar-refractivity contribution in [1.82, 2.24) is 14.9 Å². The molecule has 0 radical (unpaired) electrons. The third kappa shape index (κ3) is 2.84. The molecule has 1 unspecified atom stereocenters. The van der Waals surface area contributed by atoms with Gasteiger partial charge in [0.15, 0.2) is 0 Å². The molecule has 0 saturated heterocycles. The molecule has 0 aliphatic rings. The number of nitrogens with zero attached hydrogens (tertiary/aromatic N) is 2. The summed E-state index contributed by atoms with van der Waals surface area (Å²) in [6.45, 7) is 7.49. The first-order chi connectivity index (χ1) is 6.11. The topological polar surface area (TPSA) is 29.9 Å². The van der Waals surface area contributed by atoms with Gasteiger partial charge in [-0.1, -0.05) is 13.8 Å². The van der Waals surface area contributed by atoms with Crippen molar-refractivity contribution in [3.63, 3.8) is 0 Å². The van der Waals surface area contributed by atoms with Crippen LogP contribution in [-0.4, -0.2) is 15.6 Å². The van der Waals surface area contributed by atoms with Gasteiger partial charge in [0, 0.05) is 25.5 Å². The summed E-state index contributed by atoms with van der Waals surface area (Å²) in [7, 11) is 2.02. The van der Waals surface area contributed by atoms with E-state index in [1.54, 1.807) is 0 Å². The van der Waals surface area contributed by atoms with Gasteiger partial charge in [-0.25, -0.2) is 4.98 Å². The van der Waals surface area contributed by atoms with Gasteiger partial charge < -0.3 is 9.88 Å². The number of hydrogen-bond acceptors (Lipinski definition) is 2. The van der Waals surface area contributed by atoms with Crippen LogP contribution in [0.15, 0.2) is 12.4 Å². The van der Waals surface area contributed by atoms with Crippen LogP contribution in [0.4, 0.5) is 0 Å². The van der Waals surface area contributed by atoms with Gasteiger partial charge in [0.1, 0.15) is 5.82 Å². The summed E-state index contributed by atoms with van der Waals surface area (Å²) >= 11 is 0. The number of rotatable bonds is 4. The Morgan fingerprint density at radius 3 is 2.62 bits per heavy atom. The molecule has 0 bridgehead atoms. The molecule has 0 aromatic carbocycles. The zero-order chi connectivity index (χ0) is 9.84. The molecular weight excluding hydrogens is 162 g/mol. The third-order valence-electron chi connectivity index (χ3n) is 2.50. The quantitative estimate of drug-likeness (QED) is 0.764. The zero-order valence-corrected chi connectivity index (χ0v) is 8.91. The molecule has 1 aromatic heterocycles. The average Bonchev–Trinajstić information content (AvgIpc) is 2.47. The van der Waals surface area contributed by atoms with Crippen molar-refractivity contribution in [2.45, 2.75) is 33.4 Å². The summed E-state index contributed by atoms with van der Waals surface area (Å²) < 4.78 is 2.04. The van der Waals surface area contributed by atoms with Crippen LogP contribution in [0.25, 0.3) is 0 Å². The molecule has 1 aromatic rings. The van der Waals surface area contributed by atoms with Gasteiger partial charge in [-0.15, -0.1) is 0 Å². The maximum absolute atomic E-state index is 4.25. The van der Waals surface area contributed by atoms with Crippen LogP contribution in [0.5, 0.6) is 0 Å². The van der Waals surface area contributed by atoms with Gasteiger partial charge >= 0.3 is 0 Å². The lowest BCUT2D eigenvalue weighted by Gasteiger charge is -2.16. The molecule has 0 saturated carbocycles. The first kappa shape index (κ1) is 10.3. The van der Waals surface area contributed by atoms with E-state index in [1.165, 1.54) is 0 Å². The van der Waals surface area contributed by atoms with E-state index in [0.29, 0.717) is 12.0 Å². The monoisotopic (exact) mass is 181 g/mol. The van der Waals surface area contributed by atoms with E-state index in [2.05, 4.69) is 31.1 Å². The smallest absolute Gasteiger partial charge is 0.122 e.